The van der Waals surface area contributed by atoms with Gasteiger partial charge in [0.15, 0.2) is 0 Å². The molecule has 2 atom stereocenters. The van der Waals surface area contributed by atoms with E-state index in [0.29, 0.717) is 6.42 Å². The Morgan fingerprint density at radius 2 is 0.971 bits per heavy atom. The number of carbonyl (C=O) groups excluding carboxylic acids is 3. The number of carboxylic acid groups (broad SMARTS) is 1. The molecule has 0 aliphatic heterocycles. The first-order valence-corrected chi connectivity index (χ1v) is 14.0. The molecule has 0 rings (SSSR count). The standard InChI is InChI=1S/C28H54N2O4.Na/c1-6-7-8-9-10-11-12-13-14-15-16-17-18-19-20-21-24(31)29-25(22(2)3)27(32)30-26(23(4)5)28(33)34;/h22-23,25-26H,6-21H2,1-5H3,(H,29,31)(H,30,32)(H,33,34);/q;+1/p-1/t25-,26-;/m1./s1. The number of carbonyl (C=O) groups is 3. The zero-order valence-corrected chi connectivity index (χ0v) is 25.8. The topological polar surface area (TPSA) is 98.3 Å². The monoisotopic (exact) mass is 504 g/mol. The van der Waals surface area contributed by atoms with Gasteiger partial charge in [0.05, 0.1) is 12.0 Å². The van der Waals surface area contributed by atoms with E-state index in [0.717, 1.165) is 19.3 Å². The molecule has 0 unspecified atom stereocenters. The van der Waals surface area contributed by atoms with Gasteiger partial charge in [-0.05, 0) is 18.3 Å². The maximum Gasteiger partial charge on any atom is 1.00 e. The van der Waals surface area contributed by atoms with E-state index in [1.165, 1.54) is 77.0 Å². The zero-order valence-electron chi connectivity index (χ0n) is 23.8. The van der Waals surface area contributed by atoms with Crippen LogP contribution in [-0.4, -0.2) is 29.9 Å². The Kier molecular flexibility index (Phi) is 24.9. The van der Waals surface area contributed by atoms with Gasteiger partial charge in [-0.25, -0.2) is 0 Å². The fraction of sp³-hybridized carbons (Fsp3) is 0.893. The van der Waals surface area contributed by atoms with Crippen LogP contribution >= 0.6 is 0 Å². The van der Waals surface area contributed by atoms with Crippen LogP contribution in [0.25, 0.3) is 0 Å². The second kappa shape index (κ2) is 23.8. The predicted molar refractivity (Wildman–Crippen MR) is 138 cm³/mol. The number of hydrogen-bond acceptors (Lipinski definition) is 4. The minimum atomic E-state index is -1.31. The van der Waals surface area contributed by atoms with Crippen molar-refractivity contribution in [1.82, 2.24) is 10.6 Å². The van der Waals surface area contributed by atoms with Crippen molar-refractivity contribution in [3.05, 3.63) is 0 Å². The van der Waals surface area contributed by atoms with E-state index in [2.05, 4.69) is 17.6 Å². The average Bonchev–Trinajstić information content (AvgIpc) is 2.77. The summed E-state index contributed by atoms with van der Waals surface area (Å²) in [5.41, 5.74) is 0. The Morgan fingerprint density at radius 3 is 1.31 bits per heavy atom. The first-order chi connectivity index (χ1) is 16.2. The molecule has 2 amide bonds. The van der Waals surface area contributed by atoms with Gasteiger partial charge in [0.2, 0.25) is 11.8 Å². The fourth-order valence-corrected chi connectivity index (χ4v) is 4.18. The second-order valence-electron chi connectivity index (χ2n) is 10.5. The van der Waals surface area contributed by atoms with Crippen molar-refractivity contribution in [2.24, 2.45) is 11.8 Å². The summed E-state index contributed by atoms with van der Waals surface area (Å²) in [6.45, 7) is 9.35. The van der Waals surface area contributed by atoms with Crippen LogP contribution < -0.4 is 45.3 Å². The van der Waals surface area contributed by atoms with E-state index < -0.39 is 24.0 Å². The SMILES string of the molecule is CCCCCCCCCCCCCCCCCC(=O)N[C@@H](C(=O)N[C@@H](C(=O)[O-])C(C)C)C(C)C.[Na+]. The second-order valence-corrected chi connectivity index (χ2v) is 10.5. The van der Waals surface area contributed by atoms with Crippen molar-refractivity contribution < 1.29 is 49.0 Å². The Hall–Kier alpha value is -0.590. The maximum absolute atomic E-state index is 12.5. The summed E-state index contributed by atoms with van der Waals surface area (Å²) in [6, 6.07) is -1.81. The third kappa shape index (κ3) is 20.2. The smallest absolute Gasteiger partial charge is 0.548 e. The molecule has 7 heteroatoms. The molecule has 0 saturated heterocycles. The molecule has 35 heavy (non-hydrogen) atoms. The summed E-state index contributed by atoms with van der Waals surface area (Å²) in [6.07, 6.45) is 19.5. The fourth-order valence-electron chi connectivity index (χ4n) is 4.18. The van der Waals surface area contributed by atoms with Gasteiger partial charge in [-0.15, -0.1) is 0 Å². The van der Waals surface area contributed by atoms with Gasteiger partial charge in [0.25, 0.3) is 0 Å². The predicted octanol–water partition coefficient (Wildman–Crippen LogP) is 2.28. The minimum Gasteiger partial charge on any atom is -0.548 e. The number of hydrogen-bond donors (Lipinski definition) is 2. The van der Waals surface area contributed by atoms with Gasteiger partial charge in [0, 0.05) is 6.42 Å². The summed E-state index contributed by atoms with van der Waals surface area (Å²) in [5.74, 6) is -2.37. The molecule has 0 aliphatic carbocycles. The zero-order chi connectivity index (χ0) is 25.8. The first-order valence-electron chi connectivity index (χ1n) is 14.0. The van der Waals surface area contributed by atoms with Crippen molar-refractivity contribution in [3.8, 4) is 0 Å². The van der Waals surface area contributed by atoms with Gasteiger partial charge >= 0.3 is 29.6 Å². The van der Waals surface area contributed by atoms with E-state index in [4.69, 9.17) is 0 Å². The van der Waals surface area contributed by atoms with Crippen LogP contribution in [0.2, 0.25) is 0 Å². The van der Waals surface area contributed by atoms with Crippen LogP contribution in [0.3, 0.4) is 0 Å². The van der Waals surface area contributed by atoms with Gasteiger partial charge in [-0.3, -0.25) is 9.59 Å². The number of carboxylic acids is 1. The summed E-state index contributed by atoms with van der Waals surface area (Å²) >= 11 is 0. The van der Waals surface area contributed by atoms with Crippen LogP contribution in [0.15, 0.2) is 0 Å². The van der Waals surface area contributed by atoms with E-state index >= 15 is 0 Å². The molecule has 6 nitrogen and oxygen atoms in total. The summed E-state index contributed by atoms with van der Waals surface area (Å²) in [5, 5.41) is 16.5. The van der Waals surface area contributed by atoms with Crippen molar-refractivity contribution in [1.29, 1.82) is 0 Å². The maximum atomic E-state index is 12.5. The third-order valence-corrected chi connectivity index (χ3v) is 6.49. The molecule has 0 saturated carbocycles. The van der Waals surface area contributed by atoms with Crippen LogP contribution in [0.4, 0.5) is 0 Å². The van der Waals surface area contributed by atoms with Crippen LogP contribution in [0, 0.1) is 11.8 Å². The number of amides is 2. The molecular formula is C28H53N2NaO4. The number of aliphatic carboxylic acids is 1. The van der Waals surface area contributed by atoms with E-state index in [9.17, 15) is 19.5 Å². The Bertz CT molecular complexity index is 555. The van der Waals surface area contributed by atoms with Gasteiger partial charge in [-0.1, -0.05) is 125 Å². The number of nitrogens with one attached hydrogen (secondary N) is 2. The van der Waals surface area contributed by atoms with Gasteiger partial charge in [-0.2, -0.15) is 0 Å². The van der Waals surface area contributed by atoms with Crippen LogP contribution in [0.5, 0.6) is 0 Å². The molecule has 0 aliphatic rings. The average molecular weight is 505 g/mol. The molecule has 0 aromatic heterocycles. The molecule has 0 spiro atoms. The summed E-state index contributed by atoms with van der Waals surface area (Å²) in [4.78, 5) is 36.1. The Balaban J connectivity index is 0. The van der Waals surface area contributed by atoms with Crippen molar-refractivity contribution in [2.75, 3.05) is 0 Å². The van der Waals surface area contributed by atoms with Gasteiger partial charge in [0.1, 0.15) is 6.04 Å². The van der Waals surface area contributed by atoms with Crippen LogP contribution in [-0.2, 0) is 14.4 Å². The number of rotatable bonds is 22. The van der Waals surface area contributed by atoms with Crippen molar-refractivity contribution in [2.45, 2.75) is 149 Å². The molecular weight excluding hydrogens is 451 g/mol. The minimum absolute atomic E-state index is 0. The largest absolute Gasteiger partial charge is 1.00 e. The third-order valence-electron chi connectivity index (χ3n) is 6.49. The normalized spacial score (nSPS) is 12.8. The Morgan fingerprint density at radius 1 is 0.600 bits per heavy atom. The molecule has 0 radical (unpaired) electrons. The van der Waals surface area contributed by atoms with Crippen molar-refractivity contribution in [3.63, 3.8) is 0 Å². The van der Waals surface area contributed by atoms with E-state index in [1.54, 1.807) is 13.8 Å². The van der Waals surface area contributed by atoms with Gasteiger partial charge < -0.3 is 20.5 Å². The van der Waals surface area contributed by atoms with E-state index in [1.807, 2.05) is 13.8 Å². The summed E-state index contributed by atoms with van der Waals surface area (Å²) in [7, 11) is 0. The molecule has 0 aromatic rings. The number of unbranched alkanes of at least 4 members (excludes halogenated alkanes) is 14. The quantitative estimate of drug-likeness (QED) is 0.175. The molecule has 200 valence electrons. The van der Waals surface area contributed by atoms with E-state index in [-0.39, 0.29) is 47.3 Å². The molecule has 0 fully saturated rings. The first kappa shape index (κ1) is 36.6. The molecule has 2 N–H and O–H groups in total. The molecule has 0 heterocycles. The molecule has 0 bridgehead atoms. The molecule has 0 aromatic carbocycles. The van der Waals surface area contributed by atoms with Crippen molar-refractivity contribution >= 4 is 17.8 Å². The summed E-state index contributed by atoms with van der Waals surface area (Å²) < 4.78 is 0. The Labute approximate surface area is 237 Å². The van der Waals surface area contributed by atoms with Crippen LogP contribution in [0.1, 0.15) is 137 Å².